The lowest BCUT2D eigenvalue weighted by atomic mass is 10.1. The van der Waals surface area contributed by atoms with Crippen molar-refractivity contribution in [2.45, 2.75) is 6.92 Å². The number of amides is 1. The standard InChI is InChI=1S/C18H16N2O/c1-13-5-4-6-15(11-13)20-18(21)10-9-14-12-19-17-8-3-2-7-16(14)17/h2-12,19H,1H3,(H,20,21)/b10-9+. The zero-order valence-electron chi connectivity index (χ0n) is 11.8. The molecule has 0 aliphatic heterocycles. The molecule has 2 N–H and O–H groups in total. The van der Waals surface area contributed by atoms with Gasteiger partial charge in [-0.25, -0.2) is 0 Å². The van der Waals surface area contributed by atoms with Crippen molar-refractivity contribution in [3.8, 4) is 0 Å². The Bertz CT molecular complexity index is 815. The summed E-state index contributed by atoms with van der Waals surface area (Å²) in [6.07, 6.45) is 5.28. The van der Waals surface area contributed by atoms with E-state index in [1.807, 2.05) is 67.7 Å². The van der Waals surface area contributed by atoms with Gasteiger partial charge in [-0.1, -0.05) is 30.3 Å². The van der Waals surface area contributed by atoms with Gasteiger partial charge in [0.05, 0.1) is 0 Å². The highest BCUT2D eigenvalue weighted by Crippen LogP contribution is 2.18. The highest BCUT2D eigenvalue weighted by molar-refractivity contribution is 6.03. The molecule has 0 spiro atoms. The zero-order valence-corrected chi connectivity index (χ0v) is 11.8. The normalized spacial score (nSPS) is 11.1. The van der Waals surface area contributed by atoms with Crippen LogP contribution in [0.5, 0.6) is 0 Å². The van der Waals surface area contributed by atoms with Crippen LogP contribution in [0.2, 0.25) is 0 Å². The molecule has 1 aromatic heterocycles. The summed E-state index contributed by atoms with van der Waals surface area (Å²) >= 11 is 0. The van der Waals surface area contributed by atoms with Crippen molar-refractivity contribution >= 4 is 28.6 Å². The van der Waals surface area contributed by atoms with E-state index in [4.69, 9.17) is 0 Å². The molecular formula is C18H16N2O. The molecule has 0 fully saturated rings. The van der Waals surface area contributed by atoms with E-state index in [2.05, 4.69) is 10.3 Å². The van der Waals surface area contributed by atoms with Gasteiger partial charge in [-0.2, -0.15) is 0 Å². The monoisotopic (exact) mass is 276 g/mol. The molecule has 104 valence electrons. The Morgan fingerprint density at radius 3 is 2.86 bits per heavy atom. The lowest BCUT2D eigenvalue weighted by Crippen LogP contribution is -2.07. The topological polar surface area (TPSA) is 44.9 Å². The minimum absolute atomic E-state index is 0.133. The fraction of sp³-hybridized carbons (Fsp3) is 0.0556. The molecule has 0 saturated carbocycles. The number of H-pyrrole nitrogens is 1. The summed E-state index contributed by atoms with van der Waals surface area (Å²) < 4.78 is 0. The molecule has 2 aromatic carbocycles. The van der Waals surface area contributed by atoms with Crippen LogP contribution in [-0.2, 0) is 4.79 Å². The lowest BCUT2D eigenvalue weighted by Gasteiger charge is -2.02. The maximum atomic E-state index is 11.9. The van der Waals surface area contributed by atoms with Gasteiger partial charge in [-0.15, -0.1) is 0 Å². The number of nitrogens with one attached hydrogen (secondary N) is 2. The predicted octanol–water partition coefficient (Wildman–Crippen LogP) is 4.13. The Kier molecular flexibility index (Phi) is 3.56. The van der Waals surface area contributed by atoms with E-state index in [0.29, 0.717) is 0 Å². The Labute approximate surface area is 123 Å². The van der Waals surface area contributed by atoms with Gasteiger partial charge in [0.25, 0.3) is 0 Å². The van der Waals surface area contributed by atoms with Crippen LogP contribution in [0.15, 0.2) is 60.8 Å². The van der Waals surface area contributed by atoms with Gasteiger partial charge in [0.1, 0.15) is 0 Å². The minimum atomic E-state index is -0.133. The first-order valence-corrected chi connectivity index (χ1v) is 6.84. The third kappa shape index (κ3) is 3.03. The molecule has 0 atom stereocenters. The molecule has 0 saturated heterocycles. The second kappa shape index (κ2) is 5.67. The van der Waals surface area contributed by atoms with Crippen LogP contribution in [0.4, 0.5) is 5.69 Å². The fourth-order valence-corrected chi connectivity index (χ4v) is 2.30. The number of aromatic amines is 1. The van der Waals surface area contributed by atoms with E-state index in [9.17, 15) is 4.79 Å². The van der Waals surface area contributed by atoms with Crippen molar-refractivity contribution < 1.29 is 4.79 Å². The number of anilines is 1. The summed E-state index contributed by atoms with van der Waals surface area (Å²) in [5.74, 6) is -0.133. The second-order valence-corrected chi connectivity index (χ2v) is 4.98. The average molecular weight is 276 g/mol. The number of rotatable bonds is 3. The number of carbonyl (C=O) groups excluding carboxylic acids is 1. The van der Waals surface area contributed by atoms with E-state index < -0.39 is 0 Å². The number of aryl methyl sites for hydroxylation is 1. The highest BCUT2D eigenvalue weighted by Gasteiger charge is 2.01. The van der Waals surface area contributed by atoms with Gasteiger partial charge in [-0.05, 0) is 42.3 Å². The summed E-state index contributed by atoms with van der Waals surface area (Å²) in [5.41, 5.74) is 4.00. The van der Waals surface area contributed by atoms with Crippen molar-refractivity contribution in [1.82, 2.24) is 4.98 Å². The van der Waals surface area contributed by atoms with Crippen molar-refractivity contribution in [2.24, 2.45) is 0 Å². The zero-order chi connectivity index (χ0) is 14.7. The molecule has 3 nitrogen and oxygen atoms in total. The summed E-state index contributed by atoms with van der Waals surface area (Å²) in [4.78, 5) is 15.1. The van der Waals surface area contributed by atoms with Crippen LogP contribution in [0.25, 0.3) is 17.0 Å². The molecular weight excluding hydrogens is 260 g/mol. The van der Waals surface area contributed by atoms with Crippen LogP contribution in [0, 0.1) is 6.92 Å². The first-order valence-electron chi connectivity index (χ1n) is 6.84. The quantitative estimate of drug-likeness (QED) is 0.694. The van der Waals surface area contributed by atoms with Crippen molar-refractivity contribution in [1.29, 1.82) is 0 Å². The van der Waals surface area contributed by atoms with Crippen molar-refractivity contribution in [3.63, 3.8) is 0 Å². The summed E-state index contributed by atoms with van der Waals surface area (Å²) in [7, 11) is 0. The van der Waals surface area contributed by atoms with Crippen LogP contribution < -0.4 is 5.32 Å². The van der Waals surface area contributed by atoms with E-state index in [-0.39, 0.29) is 5.91 Å². The first kappa shape index (κ1) is 13.2. The maximum Gasteiger partial charge on any atom is 0.248 e. The smallest absolute Gasteiger partial charge is 0.248 e. The number of para-hydroxylation sites is 1. The van der Waals surface area contributed by atoms with Gasteiger partial charge in [0.15, 0.2) is 0 Å². The SMILES string of the molecule is Cc1cccc(NC(=O)/C=C/c2c[nH]c3ccccc23)c1. The van der Waals surface area contributed by atoms with E-state index >= 15 is 0 Å². The Morgan fingerprint density at radius 1 is 1.14 bits per heavy atom. The largest absolute Gasteiger partial charge is 0.361 e. The van der Waals surface area contributed by atoms with Gasteiger partial charge in [0, 0.05) is 28.9 Å². The number of benzene rings is 2. The minimum Gasteiger partial charge on any atom is -0.361 e. The van der Waals surface area contributed by atoms with Gasteiger partial charge in [-0.3, -0.25) is 4.79 Å². The lowest BCUT2D eigenvalue weighted by molar-refractivity contribution is -0.111. The van der Waals surface area contributed by atoms with E-state index in [1.165, 1.54) is 0 Å². The fourth-order valence-electron chi connectivity index (χ4n) is 2.30. The van der Waals surface area contributed by atoms with Crippen LogP contribution in [-0.4, -0.2) is 10.9 Å². The molecule has 3 aromatic rings. The van der Waals surface area contributed by atoms with E-state index in [0.717, 1.165) is 27.7 Å². The molecule has 0 unspecified atom stereocenters. The molecule has 3 rings (SSSR count). The van der Waals surface area contributed by atoms with Crippen LogP contribution >= 0.6 is 0 Å². The molecule has 1 heterocycles. The van der Waals surface area contributed by atoms with Gasteiger partial charge < -0.3 is 10.3 Å². The molecule has 0 aliphatic rings. The van der Waals surface area contributed by atoms with E-state index in [1.54, 1.807) is 6.08 Å². The second-order valence-electron chi connectivity index (χ2n) is 4.98. The number of fused-ring (bicyclic) bond motifs is 1. The maximum absolute atomic E-state index is 11.9. The number of aromatic nitrogens is 1. The number of carbonyl (C=O) groups is 1. The summed E-state index contributed by atoms with van der Waals surface area (Å²) in [6.45, 7) is 2.00. The molecule has 0 bridgehead atoms. The summed E-state index contributed by atoms with van der Waals surface area (Å²) in [5, 5.41) is 3.97. The summed E-state index contributed by atoms with van der Waals surface area (Å²) in [6, 6.07) is 15.8. The van der Waals surface area contributed by atoms with Gasteiger partial charge >= 0.3 is 0 Å². The van der Waals surface area contributed by atoms with Crippen LogP contribution in [0.1, 0.15) is 11.1 Å². The third-order valence-electron chi connectivity index (χ3n) is 3.32. The molecule has 3 heteroatoms. The molecule has 0 aliphatic carbocycles. The van der Waals surface area contributed by atoms with Crippen molar-refractivity contribution in [3.05, 3.63) is 71.9 Å². The number of hydrogen-bond acceptors (Lipinski definition) is 1. The van der Waals surface area contributed by atoms with Gasteiger partial charge in [0.2, 0.25) is 5.91 Å². The third-order valence-corrected chi connectivity index (χ3v) is 3.32. The Morgan fingerprint density at radius 2 is 2.00 bits per heavy atom. The Balaban J connectivity index is 1.75. The Hall–Kier alpha value is -2.81. The average Bonchev–Trinajstić information content (AvgIpc) is 2.88. The highest BCUT2D eigenvalue weighted by atomic mass is 16.1. The molecule has 1 amide bonds. The predicted molar refractivity (Wildman–Crippen MR) is 87.1 cm³/mol. The van der Waals surface area contributed by atoms with Crippen LogP contribution in [0.3, 0.4) is 0 Å². The van der Waals surface area contributed by atoms with Crippen molar-refractivity contribution in [2.75, 3.05) is 5.32 Å². The molecule has 21 heavy (non-hydrogen) atoms. The molecule has 0 radical (unpaired) electrons. The first-order chi connectivity index (χ1) is 10.2. The number of hydrogen-bond donors (Lipinski definition) is 2.